The maximum absolute atomic E-state index is 14.4. The average Bonchev–Trinajstić information content (AvgIpc) is 3.93. The summed E-state index contributed by atoms with van der Waals surface area (Å²) in [6, 6.07) is 32.7. The van der Waals surface area contributed by atoms with Crippen molar-refractivity contribution in [2.24, 2.45) is 0 Å². The van der Waals surface area contributed by atoms with E-state index in [4.69, 9.17) is 9.72 Å². The van der Waals surface area contributed by atoms with Crippen LogP contribution in [0.4, 0.5) is 4.79 Å². The van der Waals surface area contributed by atoms with Crippen molar-refractivity contribution >= 4 is 22.9 Å². The minimum atomic E-state index is -0.943. The van der Waals surface area contributed by atoms with Crippen LogP contribution in [-0.2, 0) is 16.0 Å². The first-order chi connectivity index (χ1) is 26.5. The Kier molecular flexibility index (Phi) is 11.1. The van der Waals surface area contributed by atoms with Crippen molar-refractivity contribution in [2.75, 3.05) is 6.61 Å². The van der Waals surface area contributed by atoms with Gasteiger partial charge in [0, 0.05) is 41.2 Å². The molecule has 4 aromatic carbocycles. The molecule has 6 aromatic rings. The van der Waals surface area contributed by atoms with Crippen LogP contribution in [0.25, 0.3) is 33.3 Å². The fourth-order valence-corrected chi connectivity index (χ4v) is 7.04. The molecular weight excluding hydrogens is 671 g/mol. The van der Waals surface area contributed by atoms with Crippen LogP contribution in [0.15, 0.2) is 164 Å². The normalized spacial score (nSPS) is 13.8. The van der Waals surface area contributed by atoms with Gasteiger partial charge in [0.1, 0.15) is 18.5 Å². The van der Waals surface area contributed by atoms with Gasteiger partial charge in [-0.15, -0.1) is 0 Å². The van der Waals surface area contributed by atoms with Crippen LogP contribution in [0, 0.1) is 0 Å². The molecule has 7 rings (SSSR count). The molecule has 0 saturated carbocycles. The Labute approximate surface area is 315 Å². The largest absolute Gasteiger partial charge is 0.449 e. The highest BCUT2D eigenvalue weighted by Gasteiger charge is 2.31. The molecule has 270 valence electrons. The molecular formula is C46H43N5O3. The topological polar surface area (TPSA) is 112 Å². The summed E-state index contributed by atoms with van der Waals surface area (Å²) < 4.78 is 5.91. The lowest BCUT2D eigenvalue weighted by molar-refractivity contribution is -0.123. The van der Waals surface area contributed by atoms with Gasteiger partial charge in [0.15, 0.2) is 0 Å². The van der Waals surface area contributed by atoms with E-state index in [0.717, 1.165) is 55.6 Å². The zero-order valence-corrected chi connectivity index (χ0v) is 30.2. The minimum absolute atomic E-state index is 0.108. The summed E-state index contributed by atoms with van der Waals surface area (Å²) in [6.07, 6.45) is 15.3. The number of H-pyrrole nitrogens is 2. The zero-order chi connectivity index (χ0) is 37.3. The number of hydrogen-bond donors (Lipinski definition) is 4. The molecule has 0 fully saturated rings. The summed E-state index contributed by atoms with van der Waals surface area (Å²) in [4.78, 5) is 39.4. The number of carbonyl (C=O) groups is 2. The van der Waals surface area contributed by atoms with E-state index in [-0.39, 0.29) is 24.9 Å². The van der Waals surface area contributed by atoms with Gasteiger partial charge < -0.3 is 25.3 Å². The highest BCUT2D eigenvalue weighted by molar-refractivity contribution is 5.88. The van der Waals surface area contributed by atoms with Gasteiger partial charge in [-0.1, -0.05) is 146 Å². The molecule has 0 saturated heterocycles. The molecule has 0 aliphatic heterocycles. The van der Waals surface area contributed by atoms with Gasteiger partial charge in [0.25, 0.3) is 0 Å². The lowest BCUT2D eigenvalue weighted by atomic mass is 9.98. The van der Waals surface area contributed by atoms with Crippen molar-refractivity contribution in [3.8, 4) is 22.4 Å². The first kappa shape index (κ1) is 35.7. The third kappa shape index (κ3) is 8.18. The number of carbonyl (C=O) groups excluding carboxylic acids is 2. The molecule has 0 radical (unpaired) electrons. The lowest BCUT2D eigenvalue weighted by Crippen LogP contribution is -2.49. The van der Waals surface area contributed by atoms with E-state index in [0.29, 0.717) is 12.2 Å². The Morgan fingerprint density at radius 3 is 2.31 bits per heavy atom. The van der Waals surface area contributed by atoms with Crippen molar-refractivity contribution < 1.29 is 14.3 Å². The second-order valence-electron chi connectivity index (χ2n) is 13.4. The molecule has 54 heavy (non-hydrogen) atoms. The fourth-order valence-electron chi connectivity index (χ4n) is 7.04. The summed E-state index contributed by atoms with van der Waals surface area (Å²) in [6.45, 7) is 5.89. The van der Waals surface area contributed by atoms with Crippen molar-refractivity contribution in [1.82, 2.24) is 25.6 Å². The van der Waals surface area contributed by atoms with Crippen LogP contribution < -0.4 is 10.6 Å². The molecule has 2 amide bonds. The standard InChI is InChI=1S/C46H43N5O3/c1-3-16-31(2)17-6-4-9-26-41(44-48-29-43(49-44)32-18-7-5-8-19-32)50-45(52)42(27-33-28-47-40-25-15-14-20-34(33)40)51-46(53)54-30-39-37-23-12-10-21-35(37)36-22-11-13-24-38(36)39/h3-25,28-29,39,41-42,47H,1,26-27,30H2,2H3,(H,48,49)(H,50,52)(H,51,53)/b9-4-,17-6-,31-16+/t41-,42-/m1/s1. The van der Waals surface area contributed by atoms with E-state index < -0.39 is 18.2 Å². The quantitative estimate of drug-likeness (QED) is 0.0843. The number of hydrogen-bond acceptors (Lipinski definition) is 4. The Bertz CT molecular complexity index is 2300. The Balaban J connectivity index is 1.12. The predicted octanol–water partition coefficient (Wildman–Crippen LogP) is 9.50. The molecule has 0 bridgehead atoms. The number of imidazole rings is 1. The van der Waals surface area contributed by atoms with Crippen molar-refractivity contribution in [3.63, 3.8) is 0 Å². The highest BCUT2D eigenvalue weighted by atomic mass is 16.5. The number of ether oxygens (including phenoxy) is 1. The summed E-state index contributed by atoms with van der Waals surface area (Å²) in [5.41, 5.74) is 9.17. The van der Waals surface area contributed by atoms with Crippen molar-refractivity contribution in [1.29, 1.82) is 0 Å². The van der Waals surface area contributed by atoms with E-state index in [1.165, 1.54) is 0 Å². The number of alkyl carbamates (subject to hydrolysis) is 1. The van der Waals surface area contributed by atoms with Crippen LogP contribution in [0.5, 0.6) is 0 Å². The number of aromatic amines is 2. The lowest BCUT2D eigenvalue weighted by Gasteiger charge is -2.22. The second-order valence-corrected chi connectivity index (χ2v) is 13.4. The third-order valence-corrected chi connectivity index (χ3v) is 9.72. The highest BCUT2D eigenvalue weighted by Crippen LogP contribution is 2.44. The van der Waals surface area contributed by atoms with E-state index in [1.54, 1.807) is 6.08 Å². The van der Waals surface area contributed by atoms with E-state index in [9.17, 15) is 9.59 Å². The number of aromatic nitrogens is 3. The van der Waals surface area contributed by atoms with Crippen molar-refractivity contribution in [3.05, 3.63) is 187 Å². The van der Waals surface area contributed by atoms with Crippen LogP contribution in [0.3, 0.4) is 0 Å². The average molecular weight is 714 g/mol. The van der Waals surface area contributed by atoms with Crippen LogP contribution in [-0.4, -0.2) is 39.6 Å². The SMILES string of the molecule is C=C/C=C(C)/C=C\C=C/C[C@@H](NC(=O)[C@@H](Cc1c[nH]c2ccccc12)NC(=O)OCC1c2ccccc2-c2ccccc21)c1nc(-c2ccccc2)c[nH]1. The first-order valence-corrected chi connectivity index (χ1v) is 18.2. The Morgan fingerprint density at radius 1 is 0.852 bits per heavy atom. The van der Waals surface area contributed by atoms with E-state index in [2.05, 4.69) is 51.4 Å². The molecule has 2 aromatic heterocycles. The van der Waals surface area contributed by atoms with Gasteiger partial charge in [0.05, 0.1) is 11.7 Å². The first-order valence-electron chi connectivity index (χ1n) is 18.2. The number of benzene rings is 4. The number of allylic oxidation sites excluding steroid dienone is 6. The maximum atomic E-state index is 14.4. The second kappa shape index (κ2) is 16.8. The van der Waals surface area contributed by atoms with Gasteiger partial charge in [0.2, 0.25) is 5.91 Å². The van der Waals surface area contributed by atoms with E-state index in [1.807, 2.05) is 129 Å². The molecule has 0 unspecified atom stereocenters. The number of rotatable bonds is 14. The molecule has 0 spiro atoms. The number of fused-ring (bicyclic) bond motifs is 4. The number of amides is 2. The summed E-state index contributed by atoms with van der Waals surface area (Å²) >= 11 is 0. The molecule has 2 heterocycles. The number of nitrogens with one attached hydrogen (secondary N) is 4. The van der Waals surface area contributed by atoms with Crippen molar-refractivity contribution in [2.45, 2.75) is 37.8 Å². The molecule has 4 N–H and O–H groups in total. The van der Waals surface area contributed by atoms with Gasteiger partial charge >= 0.3 is 6.09 Å². The predicted molar refractivity (Wildman–Crippen MR) is 216 cm³/mol. The molecule has 8 heteroatoms. The number of nitrogens with zero attached hydrogens (tertiary/aromatic N) is 1. The van der Waals surface area contributed by atoms with E-state index >= 15 is 0 Å². The minimum Gasteiger partial charge on any atom is -0.449 e. The van der Waals surface area contributed by atoms with Crippen LogP contribution >= 0.6 is 0 Å². The van der Waals surface area contributed by atoms with Crippen LogP contribution in [0.1, 0.15) is 47.8 Å². The Morgan fingerprint density at radius 2 is 1.56 bits per heavy atom. The maximum Gasteiger partial charge on any atom is 0.407 e. The summed E-state index contributed by atoms with van der Waals surface area (Å²) in [7, 11) is 0. The zero-order valence-electron chi connectivity index (χ0n) is 30.2. The summed E-state index contributed by atoms with van der Waals surface area (Å²) in [5, 5.41) is 7.10. The fraction of sp³-hybridized carbons (Fsp3) is 0.152. The van der Waals surface area contributed by atoms with Gasteiger partial charge in [-0.25, -0.2) is 9.78 Å². The smallest absolute Gasteiger partial charge is 0.407 e. The monoisotopic (exact) mass is 713 g/mol. The van der Waals surface area contributed by atoms with Gasteiger partial charge in [-0.3, -0.25) is 4.79 Å². The summed E-state index contributed by atoms with van der Waals surface area (Å²) in [5.74, 6) is 0.138. The molecule has 1 aliphatic rings. The van der Waals surface area contributed by atoms with Crippen LogP contribution in [0.2, 0.25) is 0 Å². The molecule has 1 aliphatic carbocycles. The van der Waals surface area contributed by atoms with Gasteiger partial charge in [-0.05, 0) is 47.2 Å². The Hall–Kier alpha value is -6.67. The third-order valence-electron chi connectivity index (χ3n) is 9.72. The molecule has 2 atom stereocenters. The van der Waals surface area contributed by atoms with Gasteiger partial charge in [-0.2, -0.15) is 0 Å². The molecule has 8 nitrogen and oxygen atoms in total. The number of para-hydroxylation sites is 1.